The van der Waals surface area contributed by atoms with Gasteiger partial charge in [-0.3, -0.25) is 4.98 Å². The monoisotopic (exact) mass is 349 g/mol. The number of oxime groups is 1. The standard InChI is InChI=1S/C17H20ClN3O3/c1-17(2,3)24-21-15(16-13(22)6-5-7-20-16)10-8-11(18)12(19-4)9-14(10)23/h5-9,19,22-23H,1-4H3. The summed E-state index contributed by atoms with van der Waals surface area (Å²) in [5.41, 5.74) is 0.687. The van der Waals surface area contributed by atoms with Crippen LogP contribution in [0, 0.1) is 0 Å². The number of phenolic OH excluding ortho intramolecular Hbond substituents is 1. The molecule has 2 rings (SSSR count). The van der Waals surface area contributed by atoms with E-state index in [0.29, 0.717) is 16.3 Å². The summed E-state index contributed by atoms with van der Waals surface area (Å²) in [6.07, 6.45) is 1.52. The Morgan fingerprint density at radius 1 is 1.25 bits per heavy atom. The van der Waals surface area contributed by atoms with E-state index in [1.165, 1.54) is 18.3 Å². The zero-order valence-electron chi connectivity index (χ0n) is 14.0. The van der Waals surface area contributed by atoms with Crippen LogP contribution in [0.2, 0.25) is 5.02 Å². The average Bonchev–Trinajstić information content (AvgIpc) is 2.50. The van der Waals surface area contributed by atoms with E-state index in [4.69, 9.17) is 16.4 Å². The Bertz CT molecular complexity index is 770. The summed E-state index contributed by atoms with van der Waals surface area (Å²) >= 11 is 6.21. The van der Waals surface area contributed by atoms with Gasteiger partial charge in [0, 0.05) is 24.9 Å². The molecule has 0 bridgehead atoms. The highest BCUT2D eigenvalue weighted by Gasteiger charge is 2.21. The highest BCUT2D eigenvalue weighted by atomic mass is 35.5. The lowest BCUT2D eigenvalue weighted by Gasteiger charge is -2.18. The van der Waals surface area contributed by atoms with Gasteiger partial charge in [-0.05, 0) is 39.0 Å². The SMILES string of the molecule is CNc1cc(O)c(C(=NOC(C)(C)C)c2ncccc2O)cc1Cl. The Morgan fingerprint density at radius 2 is 1.96 bits per heavy atom. The normalized spacial score (nSPS) is 12.1. The zero-order valence-corrected chi connectivity index (χ0v) is 14.7. The third kappa shape index (κ3) is 4.08. The minimum Gasteiger partial charge on any atom is -0.507 e. The molecule has 7 heteroatoms. The first-order valence-corrected chi connectivity index (χ1v) is 7.72. The molecule has 0 saturated heterocycles. The van der Waals surface area contributed by atoms with Crippen molar-refractivity contribution < 1.29 is 15.1 Å². The molecule has 128 valence electrons. The average molecular weight is 350 g/mol. The van der Waals surface area contributed by atoms with Gasteiger partial charge >= 0.3 is 0 Å². The largest absolute Gasteiger partial charge is 0.507 e. The number of anilines is 1. The van der Waals surface area contributed by atoms with Gasteiger partial charge in [0.1, 0.15) is 28.5 Å². The Morgan fingerprint density at radius 3 is 2.54 bits per heavy atom. The number of rotatable bonds is 4. The molecule has 1 aromatic heterocycles. The number of hydrogen-bond donors (Lipinski definition) is 3. The van der Waals surface area contributed by atoms with Gasteiger partial charge in [-0.15, -0.1) is 0 Å². The highest BCUT2D eigenvalue weighted by molar-refractivity contribution is 6.34. The van der Waals surface area contributed by atoms with Crippen LogP contribution in [0.3, 0.4) is 0 Å². The van der Waals surface area contributed by atoms with Crippen molar-refractivity contribution in [2.75, 3.05) is 12.4 Å². The molecule has 2 aromatic rings. The fourth-order valence-electron chi connectivity index (χ4n) is 1.92. The summed E-state index contributed by atoms with van der Waals surface area (Å²) in [4.78, 5) is 9.61. The predicted molar refractivity (Wildman–Crippen MR) is 95.0 cm³/mol. The van der Waals surface area contributed by atoms with Crippen molar-refractivity contribution in [3.63, 3.8) is 0 Å². The Labute approximate surface area is 145 Å². The lowest BCUT2D eigenvalue weighted by atomic mass is 10.0. The summed E-state index contributed by atoms with van der Waals surface area (Å²) in [5, 5.41) is 27.8. The molecule has 0 saturated carbocycles. The van der Waals surface area contributed by atoms with Crippen LogP contribution in [0.5, 0.6) is 11.5 Å². The number of hydrogen-bond acceptors (Lipinski definition) is 6. The van der Waals surface area contributed by atoms with E-state index in [2.05, 4.69) is 15.5 Å². The number of benzene rings is 1. The van der Waals surface area contributed by atoms with Crippen LogP contribution in [0.25, 0.3) is 0 Å². The van der Waals surface area contributed by atoms with Crippen molar-refractivity contribution in [2.24, 2.45) is 5.16 Å². The van der Waals surface area contributed by atoms with Crippen molar-refractivity contribution in [1.29, 1.82) is 0 Å². The number of aromatic nitrogens is 1. The highest BCUT2D eigenvalue weighted by Crippen LogP contribution is 2.33. The molecule has 3 N–H and O–H groups in total. The number of aromatic hydroxyl groups is 2. The summed E-state index contributed by atoms with van der Waals surface area (Å²) < 4.78 is 0. The number of phenols is 1. The van der Waals surface area contributed by atoms with Crippen molar-refractivity contribution >= 4 is 23.0 Å². The first-order chi connectivity index (χ1) is 11.2. The van der Waals surface area contributed by atoms with Crippen molar-refractivity contribution in [3.8, 4) is 11.5 Å². The van der Waals surface area contributed by atoms with Crippen LogP contribution in [0.4, 0.5) is 5.69 Å². The van der Waals surface area contributed by atoms with E-state index >= 15 is 0 Å². The molecular weight excluding hydrogens is 330 g/mol. The molecule has 0 amide bonds. The zero-order chi connectivity index (χ0) is 17.9. The summed E-state index contributed by atoms with van der Waals surface area (Å²) in [6.45, 7) is 5.51. The van der Waals surface area contributed by atoms with Crippen molar-refractivity contribution in [3.05, 3.63) is 46.7 Å². The Kier molecular flexibility index (Phi) is 5.19. The van der Waals surface area contributed by atoms with Gasteiger partial charge < -0.3 is 20.4 Å². The summed E-state index contributed by atoms with van der Waals surface area (Å²) in [6, 6.07) is 6.10. The van der Waals surface area contributed by atoms with E-state index < -0.39 is 5.60 Å². The number of nitrogens with one attached hydrogen (secondary N) is 1. The smallest absolute Gasteiger partial charge is 0.143 e. The lowest BCUT2D eigenvalue weighted by molar-refractivity contribution is 0.00109. The first-order valence-electron chi connectivity index (χ1n) is 7.34. The van der Waals surface area contributed by atoms with Gasteiger partial charge in [0.05, 0.1) is 10.7 Å². The van der Waals surface area contributed by atoms with Gasteiger partial charge in [0.25, 0.3) is 0 Å². The molecule has 24 heavy (non-hydrogen) atoms. The van der Waals surface area contributed by atoms with Crippen LogP contribution in [0.15, 0.2) is 35.6 Å². The number of nitrogens with zero attached hydrogens (tertiary/aromatic N) is 2. The molecule has 0 radical (unpaired) electrons. The first kappa shape index (κ1) is 17.9. The molecule has 1 aromatic carbocycles. The molecule has 0 aliphatic carbocycles. The molecular formula is C17H20ClN3O3. The molecule has 0 aliphatic heterocycles. The van der Waals surface area contributed by atoms with Crippen molar-refractivity contribution in [2.45, 2.75) is 26.4 Å². The topological polar surface area (TPSA) is 87.0 Å². The maximum Gasteiger partial charge on any atom is 0.143 e. The predicted octanol–water partition coefficient (Wildman–Crippen LogP) is 3.76. The second kappa shape index (κ2) is 6.97. The maximum absolute atomic E-state index is 10.4. The van der Waals surface area contributed by atoms with E-state index in [1.807, 2.05) is 20.8 Å². The Hall–Kier alpha value is -2.47. The van der Waals surface area contributed by atoms with E-state index in [0.717, 1.165) is 0 Å². The minimum absolute atomic E-state index is 0.0648. The van der Waals surface area contributed by atoms with Crippen LogP contribution < -0.4 is 5.32 Å². The third-order valence-corrected chi connectivity index (χ3v) is 3.34. The Balaban J connectivity index is 2.64. The molecule has 6 nitrogen and oxygen atoms in total. The van der Waals surface area contributed by atoms with Gasteiger partial charge in [-0.2, -0.15) is 0 Å². The fourth-order valence-corrected chi connectivity index (χ4v) is 2.18. The fraction of sp³-hybridized carbons (Fsp3) is 0.294. The van der Waals surface area contributed by atoms with Crippen LogP contribution in [-0.4, -0.2) is 33.6 Å². The lowest BCUT2D eigenvalue weighted by Crippen LogP contribution is -2.18. The molecule has 0 atom stereocenters. The van der Waals surface area contributed by atoms with Gasteiger partial charge in [-0.25, -0.2) is 0 Å². The van der Waals surface area contributed by atoms with E-state index in [9.17, 15) is 10.2 Å². The number of halogens is 1. The minimum atomic E-state index is -0.556. The molecule has 0 fully saturated rings. The number of pyridine rings is 1. The van der Waals surface area contributed by atoms with Crippen LogP contribution in [0.1, 0.15) is 32.0 Å². The molecule has 0 unspecified atom stereocenters. The molecule has 0 aliphatic rings. The van der Waals surface area contributed by atoms with Gasteiger partial charge in [0.2, 0.25) is 0 Å². The second-order valence-corrected chi connectivity index (χ2v) is 6.52. The van der Waals surface area contributed by atoms with E-state index in [1.54, 1.807) is 19.2 Å². The third-order valence-electron chi connectivity index (χ3n) is 3.03. The van der Waals surface area contributed by atoms with Crippen LogP contribution >= 0.6 is 11.6 Å². The maximum atomic E-state index is 10.4. The summed E-state index contributed by atoms with van der Waals surface area (Å²) in [5.74, 6) is -0.146. The quantitative estimate of drug-likeness (QED) is 0.578. The van der Waals surface area contributed by atoms with Crippen molar-refractivity contribution in [1.82, 2.24) is 4.98 Å². The van der Waals surface area contributed by atoms with Gasteiger partial charge in [-0.1, -0.05) is 16.8 Å². The second-order valence-electron chi connectivity index (χ2n) is 6.11. The molecule has 1 heterocycles. The van der Waals surface area contributed by atoms with Crippen LogP contribution in [-0.2, 0) is 4.84 Å². The molecule has 0 spiro atoms. The van der Waals surface area contributed by atoms with Gasteiger partial charge in [0.15, 0.2) is 0 Å². The van der Waals surface area contributed by atoms with E-state index in [-0.39, 0.29) is 22.9 Å². The summed E-state index contributed by atoms with van der Waals surface area (Å²) in [7, 11) is 1.70.